The SMILES string of the molecule is CC(C)=CCN(c1ccc(OCC2CCCCC2)cc1)C1CCN(C[C@@H](N)CC(C)C)CC1. The van der Waals surface area contributed by atoms with Crippen LogP contribution in [0.4, 0.5) is 5.69 Å². The molecule has 1 aliphatic heterocycles. The zero-order valence-electron chi connectivity index (χ0n) is 21.8. The molecule has 0 spiro atoms. The van der Waals surface area contributed by atoms with Gasteiger partial charge in [-0.3, -0.25) is 0 Å². The van der Waals surface area contributed by atoms with Gasteiger partial charge in [-0.2, -0.15) is 0 Å². The highest BCUT2D eigenvalue weighted by atomic mass is 16.5. The van der Waals surface area contributed by atoms with Crippen molar-refractivity contribution in [3.8, 4) is 5.75 Å². The lowest BCUT2D eigenvalue weighted by molar-refractivity contribution is 0.193. The molecule has 0 aromatic heterocycles. The number of hydrogen-bond acceptors (Lipinski definition) is 4. The molecule has 0 bridgehead atoms. The average molecular weight is 456 g/mol. The van der Waals surface area contributed by atoms with Crippen LogP contribution >= 0.6 is 0 Å². The number of allylic oxidation sites excluding steroid dienone is 1. The summed E-state index contributed by atoms with van der Waals surface area (Å²) in [5, 5.41) is 0. The van der Waals surface area contributed by atoms with E-state index in [2.05, 4.69) is 67.8 Å². The van der Waals surface area contributed by atoms with Gasteiger partial charge in [-0.25, -0.2) is 0 Å². The van der Waals surface area contributed by atoms with Gasteiger partial charge in [0.1, 0.15) is 5.75 Å². The number of anilines is 1. The van der Waals surface area contributed by atoms with Gasteiger partial charge >= 0.3 is 0 Å². The molecular weight excluding hydrogens is 406 g/mol. The number of nitrogens with zero attached hydrogens (tertiary/aromatic N) is 2. The van der Waals surface area contributed by atoms with Crippen molar-refractivity contribution in [2.45, 2.75) is 91.1 Å². The second-order valence-corrected chi connectivity index (χ2v) is 11.2. The van der Waals surface area contributed by atoms with Crippen LogP contribution in [0.15, 0.2) is 35.9 Å². The summed E-state index contributed by atoms with van der Waals surface area (Å²) in [4.78, 5) is 5.17. The zero-order chi connectivity index (χ0) is 23.6. The van der Waals surface area contributed by atoms with Crippen LogP contribution in [-0.2, 0) is 0 Å². The summed E-state index contributed by atoms with van der Waals surface area (Å²) in [5.41, 5.74) is 9.08. The van der Waals surface area contributed by atoms with E-state index in [4.69, 9.17) is 10.5 Å². The van der Waals surface area contributed by atoms with Crippen molar-refractivity contribution in [1.82, 2.24) is 4.90 Å². The van der Waals surface area contributed by atoms with Crippen LogP contribution in [0.1, 0.15) is 79.1 Å². The van der Waals surface area contributed by atoms with Gasteiger partial charge in [0.15, 0.2) is 0 Å². The maximum Gasteiger partial charge on any atom is 0.119 e. The number of benzene rings is 1. The van der Waals surface area contributed by atoms with E-state index in [9.17, 15) is 0 Å². The van der Waals surface area contributed by atoms with Gasteiger partial charge in [-0.15, -0.1) is 0 Å². The normalized spacial score (nSPS) is 19.5. The summed E-state index contributed by atoms with van der Waals surface area (Å²) in [6, 6.07) is 9.75. The minimum Gasteiger partial charge on any atom is -0.493 e. The summed E-state index contributed by atoms with van der Waals surface area (Å²) in [6.07, 6.45) is 12.7. The number of nitrogens with two attached hydrogens (primary N) is 1. The van der Waals surface area contributed by atoms with Gasteiger partial charge < -0.3 is 20.3 Å². The highest BCUT2D eigenvalue weighted by molar-refractivity contribution is 5.50. The number of rotatable bonds is 11. The molecule has 2 fully saturated rings. The van der Waals surface area contributed by atoms with Crippen molar-refractivity contribution in [3.05, 3.63) is 35.9 Å². The van der Waals surface area contributed by atoms with Crippen molar-refractivity contribution in [1.29, 1.82) is 0 Å². The summed E-state index contributed by atoms with van der Waals surface area (Å²) < 4.78 is 6.15. The Morgan fingerprint density at radius 2 is 1.73 bits per heavy atom. The quantitative estimate of drug-likeness (QED) is 0.400. The summed E-state index contributed by atoms with van der Waals surface area (Å²) >= 11 is 0. The van der Waals surface area contributed by atoms with E-state index in [0.717, 1.165) is 50.9 Å². The van der Waals surface area contributed by atoms with Gasteiger partial charge in [-0.1, -0.05) is 44.8 Å². The Morgan fingerprint density at radius 3 is 2.33 bits per heavy atom. The molecule has 1 atom stereocenters. The molecule has 4 nitrogen and oxygen atoms in total. The van der Waals surface area contributed by atoms with Crippen molar-refractivity contribution in [3.63, 3.8) is 0 Å². The van der Waals surface area contributed by atoms with E-state index in [0.29, 0.717) is 18.0 Å². The molecular formula is C29H49N3O. The Balaban J connectivity index is 1.56. The van der Waals surface area contributed by atoms with Gasteiger partial charge in [-0.05, 0) is 82.1 Å². The highest BCUT2D eigenvalue weighted by Gasteiger charge is 2.25. The molecule has 2 aliphatic rings. The lowest BCUT2D eigenvalue weighted by Gasteiger charge is -2.40. The largest absolute Gasteiger partial charge is 0.493 e. The molecule has 186 valence electrons. The molecule has 0 radical (unpaired) electrons. The fraction of sp³-hybridized carbons (Fsp3) is 0.724. The first kappa shape index (κ1) is 26.1. The first-order chi connectivity index (χ1) is 15.9. The van der Waals surface area contributed by atoms with Crippen LogP contribution in [0.25, 0.3) is 0 Å². The third-order valence-corrected chi connectivity index (χ3v) is 7.34. The predicted molar refractivity (Wildman–Crippen MR) is 142 cm³/mol. The predicted octanol–water partition coefficient (Wildman–Crippen LogP) is 6.26. The second kappa shape index (κ2) is 13.4. The Bertz CT molecular complexity index is 696. The summed E-state index contributed by atoms with van der Waals surface area (Å²) in [5.74, 6) is 2.43. The summed E-state index contributed by atoms with van der Waals surface area (Å²) in [7, 11) is 0. The number of hydrogen-bond donors (Lipinski definition) is 1. The van der Waals surface area contributed by atoms with Crippen molar-refractivity contribution < 1.29 is 4.74 Å². The highest BCUT2D eigenvalue weighted by Crippen LogP contribution is 2.28. The number of likely N-dealkylation sites (tertiary alicyclic amines) is 1. The Hall–Kier alpha value is -1.52. The van der Waals surface area contributed by atoms with E-state index in [1.165, 1.54) is 56.2 Å². The molecule has 0 amide bonds. The minimum atomic E-state index is 0.296. The number of ether oxygens (including phenoxy) is 1. The molecule has 1 heterocycles. The standard InChI is InChI=1S/C29H49N3O/c1-23(2)14-19-32(28-15-17-31(18-16-28)21-26(30)20-24(3)4)27-10-12-29(13-11-27)33-22-25-8-6-5-7-9-25/h10-14,24-26,28H,5-9,15-22,30H2,1-4H3/t26-/m0/s1. The third-order valence-electron chi connectivity index (χ3n) is 7.34. The van der Waals surface area contributed by atoms with Crippen LogP contribution < -0.4 is 15.4 Å². The van der Waals surface area contributed by atoms with Crippen molar-refractivity contribution in [2.24, 2.45) is 17.6 Å². The maximum absolute atomic E-state index is 6.39. The van der Waals surface area contributed by atoms with E-state index in [1.54, 1.807) is 0 Å². The Morgan fingerprint density at radius 1 is 1.06 bits per heavy atom. The zero-order valence-corrected chi connectivity index (χ0v) is 21.8. The molecule has 2 N–H and O–H groups in total. The van der Waals surface area contributed by atoms with E-state index < -0.39 is 0 Å². The molecule has 1 aromatic carbocycles. The Labute approximate surface area is 203 Å². The van der Waals surface area contributed by atoms with Crippen molar-refractivity contribution in [2.75, 3.05) is 37.7 Å². The van der Waals surface area contributed by atoms with Crippen LogP contribution in [0.5, 0.6) is 5.75 Å². The van der Waals surface area contributed by atoms with Gasteiger partial charge in [0.25, 0.3) is 0 Å². The smallest absolute Gasteiger partial charge is 0.119 e. The fourth-order valence-electron chi connectivity index (χ4n) is 5.47. The molecule has 1 saturated heterocycles. The molecule has 4 heteroatoms. The molecule has 1 saturated carbocycles. The van der Waals surface area contributed by atoms with Crippen LogP contribution in [0.3, 0.4) is 0 Å². The third kappa shape index (κ3) is 8.98. The molecule has 1 aromatic rings. The molecule has 0 unspecified atom stereocenters. The first-order valence-corrected chi connectivity index (χ1v) is 13.5. The van der Waals surface area contributed by atoms with Crippen LogP contribution in [-0.4, -0.2) is 49.8 Å². The van der Waals surface area contributed by atoms with Crippen LogP contribution in [0, 0.1) is 11.8 Å². The van der Waals surface area contributed by atoms with E-state index >= 15 is 0 Å². The molecule has 33 heavy (non-hydrogen) atoms. The lowest BCUT2D eigenvalue weighted by atomic mass is 9.90. The fourth-order valence-corrected chi connectivity index (χ4v) is 5.47. The Kier molecular flexibility index (Phi) is 10.6. The molecule has 1 aliphatic carbocycles. The van der Waals surface area contributed by atoms with Gasteiger partial charge in [0.2, 0.25) is 0 Å². The maximum atomic E-state index is 6.39. The van der Waals surface area contributed by atoms with Crippen molar-refractivity contribution >= 4 is 5.69 Å². The lowest BCUT2D eigenvalue weighted by Crippen LogP contribution is -2.48. The second-order valence-electron chi connectivity index (χ2n) is 11.2. The monoisotopic (exact) mass is 455 g/mol. The van der Waals surface area contributed by atoms with Crippen LogP contribution in [0.2, 0.25) is 0 Å². The topological polar surface area (TPSA) is 41.7 Å². The minimum absolute atomic E-state index is 0.296. The van der Waals surface area contributed by atoms with Gasteiger partial charge in [0.05, 0.1) is 6.61 Å². The average Bonchev–Trinajstić information content (AvgIpc) is 2.79. The summed E-state index contributed by atoms with van der Waals surface area (Å²) in [6.45, 7) is 14.1. The first-order valence-electron chi connectivity index (χ1n) is 13.5. The molecule has 3 rings (SSSR count). The number of piperidine rings is 1. The van der Waals surface area contributed by atoms with Gasteiger partial charge in [0, 0.05) is 44.0 Å². The van der Waals surface area contributed by atoms with E-state index in [-0.39, 0.29) is 0 Å². The van der Waals surface area contributed by atoms with E-state index in [1.807, 2.05) is 0 Å².